The highest BCUT2D eigenvalue weighted by Gasteiger charge is 2.11. The summed E-state index contributed by atoms with van der Waals surface area (Å²) in [5.41, 5.74) is 2.02. The number of carbonyl (C=O) groups is 1. The Morgan fingerprint density at radius 3 is 2.88 bits per heavy atom. The van der Waals surface area contributed by atoms with E-state index >= 15 is 0 Å². The van der Waals surface area contributed by atoms with E-state index in [1.165, 1.54) is 0 Å². The van der Waals surface area contributed by atoms with E-state index in [9.17, 15) is 4.79 Å². The molecule has 7 heteroatoms. The van der Waals surface area contributed by atoms with E-state index in [1.54, 1.807) is 36.9 Å². The summed E-state index contributed by atoms with van der Waals surface area (Å²) in [4.78, 5) is 24.9. The molecule has 0 aliphatic carbocycles. The highest BCUT2D eigenvalue weighted by Crippen LogP contribution is 2.08. The first-order valence-corrected chi connectivity index (χ1v) is 7.50. The van der Waals surface area contributed by atoms with E-state index in [0.717, 1.165) is 5.56 Å². The molecule has 0 saturated carbocycles. The summed E-state index contributed by atoms with van der Waals surface area (Å²) in [5, 5.41) is 5.87. The molecule has 7 nitrogen and oxygen atoms in total. The number of rotatable bonds is 6. The molecule has 3 aromatic heterocycles. The predicted octanol–water partition coefficient (Wildman–Crippen LogP) is 2.32. The summed E-state index contributed by atoms with van der Waals surface area (Å²) in [5.74, 6) is 0.812. The molecule has 0 atom stereocenters. The van der Waals surface area contributed by atoms with Crippen LogP contribution in [-0.4, -0.2) is 20.9 Å². The molecule has 122 valence electrons. The second-order valence-corrected chi connectivity index (χ2v) is 5.20. The molecule has 0 aliphatic heterocycles. The molecular weight excluding hydrogens is 306 g/mol. The van der Waals surface area contributed by atoms with Crippen LogP contribution in [0.15, 0.2) is 53.4 Å². The van der Waals surface area contributed by atoms with Crippen LogP contribution in [0, 0.1) is 6.92 Å². The molecule has 24 heavy (non-hydrogen) atoms. The molecule has 2 N–H and O–H groups in total. The van der Waals surface area contributed by atoms with Gasteiger partial charge in [-0.3, -0.25) is 9.78 Å². The van der Waals surface area contributed by atoms with Crippen LogP contribution in [0.2, 0.25) is 0 Å². The van der Waals surface area contributed by atoms with Gasteiger partial charge in [-0.25, -0.2) is 9.97 Å². The number of hydrogen-bond donors (Lipinski definition) is 2. The molecular formula is C17H17N5O2. The number of aromatic nitrogens is 3. The molecule has 1 amide bonds. The largest absolute Gasteiger partial charge is 0.467 e. The average Bonchev–Trinajstić information content (AvgIpc) is 3.12. The van der Waals surface area contributed by atoms with E-state index in [0.29, 0.717) is 36.2 Å². The van der Waals surface area contributed by atoms with E-state index in [4.69, 9.17) is 4.42 Å². The maximum atomic E-state index is 12.2. The van der Waals surface area contributed by atoms with Crippen molar-refractivity contribution < 1.29 is 9.21 Å². The quantitative estimate of drug-likeness (QED) is 0.723. The van der Waals surface area contributed by atoms with Crippen LogP contribution in [0.4, 0.5) is 5.95 Å². The SMILES string of the molecule is Cc1cc(C(=O)NCc2ccco2)nc(NCc2cccnc2)n1. The van der Waals surface area contributed by atoms with Gasteiger partial charge < -0.3 is 15.1 Å². The van der Waals surface area contributed by atoms with Crippen LogP contribution in [-0.2, 0) is 13.1 Å². The molecule has 3 aromatic rings. The van der Waals surface area contributed by atoms with Gasteiger partial charge in [-0.15, -0.1) is 0 Å². The van der Waals surface area contributed by atoms with Crippen molar-refractivity contribution in [1.29, 1.82) is 0 Å². The number of nitrogens with one attached hydrogen (secondary N) is 2. The van der Waals surface area contributed by atoms with Gasteiger partial charge in [-0.1, -0.05) is 6.07 Å². The third-order valence-corrected chi connectivity index (χ3v) is 3.26. The maximum Gasteiger partial charge on any atom is 0.270 e. The zero-order chi connectivity index (χ0) is 16.8. The molecule has 3 rings (SSSR count). The molecule has 0 aromatic carbocycles. The Kier molecular flexibility index (Phi) is 4.81. The van der Waals surface area contributed by atoms with E-state index in [-0.39, 0.29) is 5.91 Å². The smallest absolute Gasteiger partial charge is 0.270 e. The fraction of sp³-hybridized carbons (Fsp3) is 0.176. The second-order valence-electron chi connectivity index (χ2n) is 5.20. The van der Waals surface area contributed by atoms with Gasteiger partial charge in [0.25, 0.3) is 5.91 Å². The summed E-state index contributed by atoms with van der Waals surface area (Å²) in [7, 11) is 0. The maximum absolute atomic E-state index is 12.2. The average molecular weight is 323 g/mol. The zero-order valence-corrected chi connectivity index (χ0v) is 13.2. The summed E-state index contributed by atoms with van der Waals surface area (Å²) in [6.07, 6.45) is 5.05. The molecule has 0 saturated heterocycles. The molecule has 0 radical (unpaired) electrons. The third kappa shape index (κ3) is 4.16. The van der Waals surface area contributed by atoms with Gasteiger partial charge >= 0.3 is 0 Å². The molecule has 0 aliphatic rings. The van der Waals surface area contributed by atoms with Crippen LogP contribution in [0.25, 0.3) is 0 Å². The van der Waals surface area contributed by atoms with Crippen molar-refractivity contribution in [3.8, 4) is 0 Å². The Morgan fingerprint density at radius 2 is 2.12 bits per heavy atom. The van der Waals surface area contributed by atoms with Crippen molar-refractivity contribution in [2.45, 2.75) is 20.0 Å². The highest BCUT2D eigenvalue weighted by atomic mass is 16.3. The van der Waals surface area contributed by atoms with E-state index in [2.05, 4.69) is 25.6 Å². The lowest BCUT2D eigenvalue weighted by molar-refractivity contribution is 0.0943. The number of carbonyl (C=O) groups excluding carboxylic acids is 1. The van der Waals surface area contributed by atoms with Gasteiger partial charge in [-0.2, -0.15) is 0 Å². The Labute approximate surface area is 139 Å². The van der Waals surface area contributed by atoms with Gasteiger partial charge in [0, 0.05) is 24.6 Å². The van der Waals surface area contributed by atoms with E-state index in [1.807, 2.05) is 19.1 Å². The van der Waals surface area contributed by atoms with Gasteiger partial charge in [0.1, 0.15) is 11.5 Å². The Morgan fingerprint density at radius 1 is 1.21 bits per heavy atom. The topological polar surface area (TPSA) is 92.9 Å². The number of amides is 1. The van der Waals surface area contributed by atoms with Gasteiger partial charge in [0.15, 0.2) is 0 Å². The Bertz CT molecular complexity index is 803. The highest BCUT2D eigenvalue weighted by molar-refractivity contribution is 5.92. The minimum absolute atomic E-state index is 0.277. The molecule has 0 fully saturated rings. The number of furan rings is 1. The van der Waals surface area contributed by atoms with Crippen LogP contribution in [0.3, 0.4) is 0 Å². The summed E-state index contributed by atoms with van der Waals surface area (Å²) < 4.78 is 5.19. The second kappa shape index (κ2) is 7.36. The van der Waals surface area contributed by atoms with Crippen molar-refractivity contribution >= 4 is 11.9 Å². The number of aryl methyl sites for hydroxylation is 1. The van der Waals surface area contributed by atoms with Crippen molar-refractivity contribution in [3.63, 3.8) is 0 Å². The van der Waals surface area contributed by atoms with Crippen molar-refractivity contribution in [2.75, 3.05) is 5.32 Å². The van der Waals surface area contributed by atoms with Crippen LogP contribution >= 0.6 is 0 Å². The lowest BCUT2D eigenvalue weighted by Crippen LogP contribution is -2.24. The summed E-state index contributed by atoms with van der Waals surface area (Å²) >= 11 is 0. The summed E-state index contributed by atoms with van der Waals surface area (Å²) in [6.45, 7) is 2.66. The summed E-state index contributed by atoms with van der Waals surface area (Å²) in [6, 6.07) is 9.03. The van der Waals surface area contributed by atoms with Crippen molar-refractivity contribution in [2.24, 2.45) is 0 Å². The van der Waals surface area contributed by atoms with Gasteiger partial charge in [-0.05, 0) is 36.8 Å². The number of nitrogens with zero attached hydrogens (tertiary/aromatic N) is 3. The molecule has 0 bridgehead atoms. The third-order valence-electron chi connectivity index (χ3n) is 3.26. The van der Waals surface area contributed by atoms with Gasteiger partial charge in [0.2, 0.25) is 5.95 Å². The molecule has 0 spiro atoms. The van der Waals surface area contributed by atoms with Crippen molar-refractivity contribution in [3.05, 3.63) is 71.7 Å². The zero-order valence-electron chi connectivity index (χ0n) is 13.2. The minimum atomic E-state index is -0.277. The fourth-order valence-corrected chi connectivity index (χ4v) is 2.12. The van der Waals surface area contributed by atoms with E-state index < -0.39 is 0 Å². The predicted molar refractivity (Wildman–Crippen MR) is 88.2 cm³/mol. The number of hydrogen-bond acceptors (Lipinski definition) is 6. The van der Waals surface area contributed by atoms with Gasteiger partial charge in [0.05, 0.1) is 12.8 Å². The molecule has 0 unspecified atom stereocenters. The monoisotopic (exact) mass is 323 g/mol. The molecule has 3 heterocycles. The number of anilines is 1. The minimum Gasteiger partial charge on any atom is -0.467 e. The van der Waals surface area contributed by atoms with Crippen LogP contribution < -0.4 is 10.6 Å². The lowest BCUT2D eigenvalue weighted by Gasteiger charge is -2.08. The normalized spacial score (nSPS) is 10.4. The first-order valence-electron chi connectivity index (χ1n) is 7.50. The first-order chi connectivity index (χ1) is 11.7. The standard InChI is InChI=1S/C17H17N5O2/c1-12-8-15(16(23)19-11-14-5-3-7-24-14)22-17(21-12)20-10-13-4-2-6-18-9-13/h2-9H,10-11H2,1H3,(H,19,23)(H,20,21,22). The van der Waals surface area contributed by atoms with Crippen molar-refractivity contribution in [1.82, 2.24) is 20.3 Å². The lowest BCUT2D eigenvalue weighted by atomic mass is 10.3. The Hall–Kier alpha value is -3.22. The van der Waals surface area contributed by atoms with Crippen LogP contribution in [0.1, 0.15) is 27.5 Å². The number of pyridine rings is 1. The Balaban J connectivity index is 1.65. The fourth-order valence-electron chi connectivity index (χ4n) is 2.12. The first kappa shape index (κ1) is 15.7. The van der Waals surface area contributed by atoms with Crippen LogP contribution in [0.5, 0.6) is 0 Å².